The maximum atomic E-state index is 13.1. The minimum absolute atomic E-state index is 0.0881. The summed E-state index contributed by atoms with van der Waals surface area (Å²) in [4.78, 5) is 27.6. The first-order valence-corrected chi connectivity index (χ1v) is 10.8. The lowest BCUT2D eigenvalue weighted by atomic mass is 10.0. The fourth-order valence-corrected chi connectivity index (χ4v) is 4.77. The van der Waals surface area contributed by atoms with Gasteiger partial charge in [-0.2, -0.15) is 0 Å². The van der Waals surface area contributed by atoms with Gasteiger partial charge in [-0.3, -0.25) is 4.79 Å². The molecule has 1 saturated carbocycles. The van der Waals surface area contributed by atoms with E-state index < -0.39 is 6.04 Å². The van der Waals surface area contributed by atoms with Crippen molar-refractivity contribution >= 4 is 39.2 Å². The summed E-state index contributed by atoms with van der Waals surface area (Å²) in [6.07, 6.45) is 1.99. The Balaban J connectivity index is 1.29. The van der Waals surface area contributed by atoms with Crippen molar-refractivity contribution in [3.8, 4) is 0 Å². The minimum atomic E-state index is -0.409. The molecule has 2 heterocycles. The van der Waals surface area contributed by atoms with Crippen LogP contribution in [0.5, 0.6) is 0 Å². The molecule has 0 bridgehead atoms. The van der Waals surface area contributed by atoms with Crippen LogP contribution < -0.4 is 16.0 Å². The Labute approximate surface area is 178 Å². The van der Waals surface area contributed by atoms with Gasteiger partial charge in [0, 0.05) is 28.9 Å². The first kappa shape index (κ1) is 18.6. The molecule has 1 saturated heterocycles. The van der Waals surface area contributed by atoms with Crippen LogP contribution in [0.15, 0.2) is 46.9 Å². The van der Waals surface area contributed by atoms with Gasteiger partial charge in [-0.25, -0.2) is 4.79 Å². The summed E-state index contributed by atoms with van der Waals surface area (Å²) in [5.74, 6) is 0.623. The maximum absolute atomic E-state index is 13.1. The highest BCUT2D eigenvalue weighted by Gasteiger charge is 2.57. The Bertz CT molecular complexity index is 962. The number of amides is 3. The van der Waals surface area contributed by atoms with E-state index in [1.54, 1.807) is 4.90 Å². The van der Waals surface area contributed by atoms with Crippen molar-refractivity contribution in [1.29, 1.82) is 0 Å². The number of likely N-dealkylation sites (tertiary alicyclic amines) is 1. The van der Waals surface area contributed by atoms with Crippen molar-refractivity contribution in [2.45, 2.75) is 25.4 Å². The van der Waals surface area contributed by atoms with Crippen molar-refractivity contribution in [3.63, 3.8) is 0 Å². The van der Waals surface area contributed by atoms with Crippen LogP contribution in [0.1, 0.15) is 17.5 Å². The van der Waals surface area contributed by atoms with Crippen LogP contribution in [0, 0.1) is 11.8 Å². The molecule has 29 heavy (non-hydrogen) atoms. The number of nitrogens with one attached hydrogen (secondary N) is 3. The number of halogens is 1. The summed E-state index contributed by atoms with van der Waals surface area (Å²) in [5.41, 5.74) is 4.10. The first-order valence-electron chi connectivity index (χ1n) is 10.0. The number of rotatable bonds is 3. The molecule has 1 aliphatic carbocycles. The van der Waals surface area contributed by atoms with Crippen LogP contribution in [0.25, 0.3) is 0 Å². The summed E-state index contributed by atoms with van der Waals surface area (Å²) in [6.45, 7) is 2.47. The Morgan fingerprint density at radius 2 is 1.83 bits per heavy atom. The van der Waals surface area contributed by atoms with Gasteiger partial charge in [0.05, 0.1) is 0 Å². The maximum Gasteiger partial charge on any atom is 0.322 e. The third kappa shape index (κ3) is 3.76. The Morgan fingerprint density at radius 3 is 2.66 bits per heavy atom. The lowest BCUT2D eigenvalue weighted by Gasteiger charge is -2.27. The van der Waals surface area contributed by atoms with E-state index >= 15 is 0 Å². The Morgan fingerprint density at radius 1 is 1.03 bits per heavy atom. The van der Waals surface area contributed by atoms with Crippen molar-refractivity contribution in [3.05, 3.63) is 58.1 Å². The van der Waals surface area contributed by atoms with Gasteiger partial charge in [0.2, 0.25) is 5.91 Å². The fourth-order valence-electron chi connectivity index (χ4n) is 4.51. The lowest BCUT2D eigenvalue weighted by molar-refractivity contribution is -0.120. The summed E-state index contributed by atoms with van der Waals surface area (Å²) in [5, 5.41) is 9.34. The molecule has 2 aliphatic heterocycles. The zero-order valence-corrected chi connectivity index (χ0v) is 17.5. The number of nitrogens with zero attached hydrogens (tertiary/aromatic N) is 1. The van der Waals surface area contributed by atoms with Gasteiger partial charge in [0.1, 0.15) is 6.04 Å². The van der Waals surface area contributed by atoms with Crippen LogP contribution >= 0.6 is 15.9 Å². The number of carbonyl (C=O) groups excluding carboxylic acids is 2. The topological polar surface area (TPSA) is 73.5 Å². The molecule has 3 amide bonds. The van der Waals surface area contributed by atoms with Crippen molar-refractivity contribution in [1.82, 2.24) is 10.2 Å². The number of fused-ring (bicyclic) bond motifs is 2. The monoisotopic (exact) mass is 454 g/mol. The normalized spacial score (nSPS) is 24.4. The Hall–Kier alpha value is -2.38. The second-order valence-corrected chi connectivity index (χ2v) is 9.01. The highest BCUT2D eigenvalue weighted by molar-refractivity contribution is 9.10. The van der Waals surface area contributed by atoms with Crippen LogP contribution in [0.4, 0.5) is 16.2 Å². The number of urea groups is 1. The SMILES string of the molecule is O=C(Nc1ccc2c(c1)CCNC2)C1C2CC2CN1C(=O)Nc1ccc(Br)cc1. The molecule has 2 aromatic carbocycles. The molecule has 6 nitrogen and oxygen atoms in total. The van der Waals surface area contributed by atoms with Crippen molar-refractivity contribution in [2.75, 3.05) is 23.7 Å². The molecule has 2 fully saturated rings. The van der Waals surface area contributed by atoms with E-state index in [-0.39, 0.29) is 17.9 Å². The standard InChI is InChI=1S/C22H23BrN4O2/c23-16-2-5-17(6-3-16)26-22(29)27-12-15-10-19(15)20(27)21(28)25-18-4-1-14-11-24-8-7-13(14)9-18/h1-6,9,15,19-20,24H,7-8,10-12H2,(H,25,28)(H,26,29). The number of carbonyl (C=O) groups is 2. The van der Waals surface area contributed by atoms with Gasteiger partial charge in [0.15, 0.2) is 0 Å². The average Bonchev–Trinajstić information content (AvgIpc) is 3.38. The molecular formula is C22H23BrN4O2. The van der Waals surface area contributed by atoms with Gasteiger partial charge < -0.3 is 20.9 Å². The predicted octanol–water partition coefficient (Wildman–Crippen LogP) is 3.59. The van der Waals surface area contributed by atoms with E-state index in [1.165, 1.54) is 11.1 Å². The average molecular weight is 455 g/mol. The van der Waals surface area contributed by atoms with E-state index in [9.17, 15) is 9.59 Å². The van der Waals surface area contributed by atoms with Crippen LogP contribution in [0.2, 0.25) is 0 Å². The predicted molar refractivity (Wildman–Crippen MR) is 116 cm³/mol. The molecular weight excluding hydrogens is 432 g/mol. The van der Waals surface area contributed by atoms with Crippen molar-refractivity contribution < 1.29 is 9.59 Å². The number of benzene rings is 2. The van der Waals surface area contributed by atoms with Gasteiger partial charge in [-0.1, -0.05) is 22.0 Å². The van der Waals surface area contributed by atoms with Gasteiger partial charge in [-0.05, 0) is 78.7 Å². The molecule has 2 aromatic rings. The van der Waals surface area contributed by atoms with Crippen molar-refractivity contribution in [2.24, 2.45) is 11.8 Å². The number of piperidine rings is 1. The Kier molecular flexibility index (Phi) is 4.80. The molecule has 5 rings (SSSR count). The number of anilines is 2. The smallest absolute Gasteiger partial charge is 0.322 e. The highest BCUT2D eigenvalue weighted by Crippen LogP contribution is 2.50. The number of hydrogen-bond donors (Lipinski definition) is 3. The fraction of sp³-hybridized carbons (Fsp3) is 0.364. The zero-order valence-electron chi connectivity index (χ0n) is 16.0. The van der Waals surface area contributed by atoms with E-state index in [2.05, 4.69) is 44.0 Å². The molecule has 3 atom stereocenters. The largest absolute Gasteiger partial charge is 0.324 e. The minimum Gasteiger partial charge on any atom is -0.324 e. The van der Waals surface area contributed by atoms with Crippen LogP contribution in [0.3, 0.4) is 0 Å². The molecule has 3 aliphatic rings. The molecule has 3 N–H and O–H groups in total. The second-order valence-electron chi connectivity index (χ2n) is 8.09. The molecule has 3 unspecified atom stereocenters. The zero-order chi connectivity index (χ0) is 20.0. The summed E-state index contributed by atoms with van der Waals surface area (Å²) in [6, 6.07) is 12.9. The molecule has 0 spiro atoms. The summed E-state index contributed by atoms with van der Waals surface area (Å²) < 4.78 is 0.955. The quantitative estimate of drug-likeness (QED) is 0.663. The summed E-state index contributed by atoms with van der Waals surface area (Å²) >= 11 is 3.40. The van der Waals surface area contributed by atoms with E-state index in [4.69, 9.17) is 0 Å². The third-order valence-corrected chi connectivity index (χ3v) is 6.66. The number of hydrogen-bond acceptors (Lipinski definition) is 3. The van der Waals surface area contributed by atoms with Gasteiger partial charge in [-0.15, -0.1) is 0 Å². The molecule has 150 valence electrons. The lowest BCUT2D eigenvalue weighted by Crippen LogP contribution is -2.47. The van der Waals surface area contributed by atoms with Crippen LogP contribution in [-0.2, 0) is 17.8 Å². The highest BCUT2D eigenvalue weighted by atomic mass is 79.9. The molecule has 0 aromatic heterocycles. The molecule has 7 heteroatoms. The van der Waals surface area contributed by atoms with E-state index in [0.29, 0.717) is 12.5 Å². The van der Waals surface area contributed by atoms with E-state index in [1.807, 2.05) is 30.3 Å². The molecule has 0 radical (unpaired) electrons. The van der Waals surface area contributed by atoms with Gasteiger partial charge >= 0.3 is 6.03 Å². The van der Waals surface area contributed by atoms with E-state index in [0.717, 1.165) is 41.8 Å². The third-order valence-electron chi connectivity index (χ3n) is 6.14. The van der Waals surface area contributed by atoms with Gasteiger partial charge in [0.25, 0.3) is 0 Å². The summed E-state index contributed by atoms with van der Waals surface area (Å²) in [7, 11) is 0. The first-order chi connectivity index (χ1) is 14.1. The van der Waals surface area contributed by atoms with Crippen LogP contribution in [-0.4, -0.2) is 36.0 Å². The second kappa shape index (κ2) is 7.46.